The maximum absolute atomic E-state index is 13.5. The molecule has 0 radical (unpaired) electrons. The molecule has 9 nitrogen and oxygen atoms in total. The standard InChI is InChI=1S/C27H25ClN4O5S/c1-18-4-12-24(13-5-18)38(34,35)32(21-7-10-22(36-2)11-8-21)17-26(33)31-29-16-20-14-19-6-9-23(37-3)15-25(19)30-27(20)28/h4-16H,17H2,1-3H3,(H,31,33)/b29-16-. The Labute approximate surface area is 225 Å². The second-order valence-electron chi connectivity index (χ2n) is 8.24. The largest absolute Gasteiger partial charge is 0.497 e. The van der Waals surface area contributed by atoms with Gasteiger partial charge in [-0.1, -0.05) is 29.3 Å². The van der Waals surface area contributed by atoms with E-state index in [1.54, 1.807) is 61.7 Å². The van der Waals surface area contributed by atoms with Gasteiger partial charge in [-0.05, 0) is 61.5 Å². The number of benzene rings is 3. The van der Waals surface area contributed by atoms with Gasteiger partial charge in [0.25, 0.3) is 15.9 Å². The zero-order valence-corrected chi connectivity index (χ0v) is 22.5. The van der Waals surface area contributed by atoms with Gasteiger partial charge >= 0.3 is 0 Å². The van der Waals surface area contributed by atoms with Gasteiger partial charge in [-0.2, -0.15) is 5.10 Å². The number of carbonyl (C=O) groups is 1. The summed E-state index contributed by atoms with van der Waals surface area (Å²) in [5, 5.41) is 4.96. The molecular weight excluding hydrogens is 528 g/mol. The van der Waals surface area contributed by atoms with Crippen molar-refractivity contribution in [2.75, 3.05) is 25.1 Å². The third-order valence-corrected chi connectivity index (χ3v) is 7.75. The number of fused-ring (bicyclic) bond motifs is 1. The minimum Gasteiger partial charge on any atom is -0.497 e. The van der Waals surface area contributed by atoms with Crippen LogP contribution in [0.15, 0.2) is 82.8 Å². The molecule has 1 aromatic heterocycles. The number of halogens is 1. The maximum atomic E-state index is 13.5. The molecule has 0 saturated heterocycles. The molecule has 196 valence electrons. The highest BCUT2D eigenvalue weighted by molar-refractivity contribution is 7.92. The van der Waals surface area contributed by atoms with Crippen LogP contribution in [0.1, 0.15) is 11.1 Å². The second kappa shape index (κ2) is 11.5. The molecule has 1 N–H and O–H groups in total. The number of hydrogen-bond acceptors (Lipinski definition) is 7. The molecule has 3 aromatic carbocycles. The highest BCUT2D eigenvalue weighted by Gasteiger charge is 2.27. The molecule has 0 fully saturated rings. The number of nitrogens with one attached hydrogen (secondary N) is 1. The highest BCUT2D eigenvalue weighted by atomic mass is 35.5. The van der Waals surface area contributed by atoms with E-state index >= 15 is 0 Å². The molecule has 0 saturated carbocycles. The number of aryl methyl sites for hydroxylation is 1. The first-order valence-electron chi connectivity index (χ1n) is 11.4. The number of nitrogens with zero attached hydrogens (tertiary/aromatic N) is 3. The molecule has 0 aliphatic heterocycles. The van der Waals surface area contributed by atoms with E-state index < -0.39 is 22.5 Å². The van der Waals surface area contributed by atoms with Crippen LogP contribution in [0.4, 0.5) is 5.69 Å². The third-order valence-electron chi connectivity index (χ3n) is 5.65. The molecule has 4 rings (SSSR count). The number of methoxy groups -OCH3 is 2. The SMILES string of the molecule is COc1ccc(N(CC(=O)N/N=C\c2cc3ccc(OC)cc3nc2Cl)S(=O)(=O)c2ccc(C)cc2)cc1. The van der Waals surface area contributed by atoms with Crippen molar-refractivity contribution in [2.45, 2.75) is 11.8 Å². The van der Waals surface area contributed by atoms with E-state index in [1.165, 1.54) is 25.5 Å². The normalized spacial score (nSPS) is 11.5. The zero-order chi connectivity index (χ0) is 27.3. The van der Waals surface area contributed by atoms with Gasteiger partial charge in [0, 0.05) is 17.0 Å². The first-order valence-corrected chi connectivity index (χ1v) is 13.2. The van der Waals surface area contributed by atoms with Gasteiger partial charge in [-0.3, -0.25) is 9.10 Å². The summed E-state index contributed by atoms with van der Waals surface area (Å²) < 4.78 is 38.4. The van der Waals surface area contributed by atoms with Crippen molar-refractivity contribution in [3.05, 3.63) is 89.1 Å². The Hall–Kier alpha value is -4.15. The van der Waals surface area contributed by atoms with Crippen molar-refractivity contribution in [2.24, 2.45) is 5.10 Å². The second-order valence-corrected chi connectivity index (χ2v) is 10.5. The molecule has 4 aromatic rings. The Bertz CT molecular complexity index is 1590. The first kappa shape index (κ1) is 26.9. The number of ether oxygens (including phenoxy) is 2. The highest BCUT2D eigenvalue weighted by Crippen LogP contribution is 2.26. The minimum atomic E-state index is -4.06. The third kappa shape index (κ3) is 6.04. The molecule has 1 heterocycles. The van der Waals surface area contributed by atoms with Gasteiger partial charge in [0.2, 0.25) is 0 Å². The van der Waals surface area contributed by atoms with Crippen molar-refractivity contribution < 1.29 is 22.7 Å². The van der Waals surface area contributed by atoms with Gasteiger partial charge in [-0.25, -0.2) is 18.8 Å². The smallest absolute Gasteiger partial charge is 0.264 e. The summed E-state index contributed by atoms with van der Waals surface area (Å²) in [6.07, 6.45) is 1.35. The van der Waals surface area contributed by atoms with Crippen LogP contribution in [0.25, 0.3) is 10.9 Å². The fraction of sp³-hybridized carbons (Fsp3) is 0.148. The molecule has 1 amide bonds. The summed E-state index contributed by atoms with van der Waals surface area (Å²) in [5.74, 6) is 0.550. The summed E-state index contributed by atoms with van der Waals surface area (Å²) >= 11 is 6.29. The van der Waals surface area contributed by atoms with E-state index in [4.69, 9.17) is 21.1 Å². The van der Waals surface area contributed by atoms with E-state index in [0.717, 1.165) is 15.3 Å². The zero-order valence-electron chi connectivity index (χ0n) is 20.9. The average molecular weight is 553 g/mol. The predicted octanol–water partition coefficient (Wildman–Crippen LogP) is 4.56. The molecule has 11 heteroatoms. The lowest BCUT2D eigenvalue weighted by atomic mass is 10.1. The Balaban J connectivity index is 1.56. The number of hydrazone groups is 1. The Morgan fingerprint density at radius 3 is 2.32 bits per heavy atom. The molecular formula is C27H25ClN4O5S. The molecule has 0 spiro atoms. The summed E-state index contributed by atoms with van der Waals surface area (Å²) in [4.78, 5) is 17.2. The van der Waals surface area contributed by atoms with Crippen molar-refractivity contribution in [3.8, 4) is 11.5 Å². The molecule has 38 heavy (non-hydrogen) atoms. The topological polar surface area (TPSA) is 110 Å². The number of aromatic nitrogens is 1. The Morgan fingerprint density at radius 1 is 1.00 bits per heavy atom. The number of rotatable bonds is 9. The van der Waals surface area contributed by atoms with Gasteiger partial charge in [0.15, 0.2) is 0 Å². The van der Waals surface area contributed by atoms with Crippen molar-refractivity contribution >= 4 is 50.3 Å². The fourth-order valence-corrected chi connectivity index (χ4v) is 5.21. The van der Waals surface area contributed by atoms with Gasteiger partial charge in [-0.15, -0.1) is 0 Å². The summed E-state index contributed by atoms with van der Waals surface area (Å²) in [7, 11) is -0.988. The lowest BCUT2D eigenvalue weighted by Gasteiger charge is -2.24. The number of carbonyl (C=O) groups excluding carboxylic acids is 1. The van der Waals surface area contributed by atoms with E-state index in [-0.39, 0.29) is 10.0 Å². The molecule has 0 unspecified atom stereocenters. The number of sulfonamides is 1. The van der Waals surface area contributed by atoms with Gasteiger partial charge in [0.1, 0.15) is 23.2 Å². The van der Waals surface area contributed by atoms with Crippen LogP contribution in [0.2, 0.25) is 5.15 Å². The van der Waals surface area contributed by atoms with Crippen LogP contribution < -0.4 is 19.2 Å². The Morgan fingerprint density at radius 2 is 1.66 bits per heavy atom. The Kier molecular flexibility index (Phi) is 8.13. The van der Waals surface area contributed by atoms with E-state index in [0.29, 0.717) is 28.3 Å². The van der Waals surface area contributed by atoms with Crippen LogP contribution in [0.3, 0.4) is 0 Å². The van der Waals surface area contributed by atoms with E-state index in [1.807, 2.05) is 13.0 Å². The van der Waals surface area contributed by atoms with E-state index in [2.05, 4.69) is 15.5 Å². The summed E-state index contributed by atoms with van der Waals surface area (Å²) in [6, 6.07) is 19.9. The van der Waals surface area contributed by atoms with Crippen molar-refractivity contribution in [1.82, 2.24) is 10.4 Å². The van der Waals surface area contributed by atoms with Crippen LogP contribution >= 0.6 is 11.6 Å². The monoisotopic (exact) mass is 552 g/mol. The number of hydrogen-bond donors (Lipinski definition) is 1. The van der Waals surface area contributed by atoms with Crippen molar-refractivity contribution in [1.29, 1.82) is 0 Å². The molecule has 0 atom stereocenters. The molecule has 0 bridgehead atoms. The van der Waals surface area contributed by atoms with Crippen LogP contribution in [0.5, 0.6) is 11.5 Å². The van der Waals surface area contributed by atoms with Crippen molar-refractivity contribution in [3.63, 3.8) is 0 Å². The van der Waals surface area contributed by atoms with Gasteiger partial charge in [0.05, 0.1) is 36.5 Å². The summed E-state index contributed by atoms with van der Waals surface area (Å²) in [6.45, 7) is 1.35. The van der Waals surface area contributed by atoms with Crippen LogP contribution in [-0.2, 0) is 14.8 Å². The number of amides is 1. The summed E-state index contributed by atoms with van der Waals surface area (Å²) in [5.41, 5.74) is 4.70. The van der Waals surface area contributed by atoms with Crippen LogP contribution in [-0.4, -0.2) is 46.3 Å². The number of pyridine rings is 1. The molecule has 0 aliphatic rings. The minimum absolute atomic E-state index is 0.0564. The maximum Gasteiger partial charge on any atom is 0.264 e. The quantitative estimate of drug-likeness (QED) is 0.185. The fourth-order valence-electron chi connectivity index (χ4n) is 3.60. The average Bonchev–Trinajstić information content (AvgIpc) is 2.92. The van der Waals surface area contributed by atoms with E-state index in [9.17, 15) is 13.2 Å². The number of anilines is 1. The predicted molar refractivity (Wildman–Crippen MR) is 148 cm³/mol. The van der Waals surface area contributed by atoms with Crippen LogP contribution in [0, 0.1) is 6.92 Å². The lowest BCUT2D eigenvalue weighted by molar-refractivity contribution is -0.119. The van der Waals surface area contributed by atoms with Gasteiger partial charge < -0.3 is 9.47 Å². The first-order chi connectivity index (χ1) is 18.2. The molecule has 0 aliphatic carbocycles. The lowest BCUT2D eigenvalue weighted by Crippen LogP contribution is -2.39.